The molecule has 5 nitrogen and oxygen atoms in total. The van der Waals surface area contributed by atoms with Crippen molar-refractivity contribution in [1.82, 2.24) is 19.8 Å². The molecule has 18 heavy (non-hydrogen) atoms. The van der Waals surface area contributed by atoms with E-state index in [4.69, 9.17) is 0 Å². The first kappa shape index (κ1) is 13.4. The highest BCUT2D eigenvalue weighted by Gasteiger charge is 2.23. The summed E-state index contributed by atoms with van der Waals surface area (Å²) in [5, 5.41) is 7.45. The summed E-state index contributed by atoms with van der Waals surface area (Å²) < 4.78 is 3.90. The summed E-state index contributed by atoms with van der Waals surface area (Å²) in [6, 6.07) is 0.439. The Labute approximate surface area is 112 Å². The van der Waals surface area contributed by atoms with Crippen LogP contribution in [-0.4, -0.2) is 46.6 Å². The van der Waals surface area contributed by atoms with Gasteiger partial charge in [0.15, 0.2) is 0 Å². The molecule has 1 aromatic rings. The third kappa shape index (κ3) is 3.05. The van der Waals surface area contributed by atoms with Crippen molar-refractivity contribution in [1.29, 1.82) is 0 Å². The van der Waals surface area contributed by atoms with E-state index in [2.05, 4.69) is 21.8 Å². The minimum atomic E-state index is 0.0575. The Morgan fingerprint density at radius 1 is 1.61 bits per heavy atom. The van der Waals surface area contributed by atoms with Crippen molar-refractivity contribution in [2.75, 3.05) is 20.1 Å². The number of nitrogens with zero attached hydrogens (tertiary/aromatic N) is 3. The monoisotopic (exact) mass is 268 g/mol. The second kappa shape index (κ2) is 6.24. The molecule has 0 radical (unpaired) electrons. The predicted molar refractivity (Wildman–Crippen MR) is 71.9 cm³/mol. The third-order valence-corrected chi connectivity index (χ3v) is 4.00. The fraction of sp³-hybridized carbons (Fsp3) is 0.750. The Balaban J connectivity index is 1.98. The van der Waals surface area contributed by atoms with Crippen molar-refractivity contribution >= 4 is 17.4 Å². The molecule has 0 aromatic carbocycles. The average molecular weight is 268 g/mol. The molecule has 0 spiro atoms. The number of carbonyl (C=O) groups is 1. The summed E-state index contributed by atoms with van der Waals surface area (Å²) in [6.07, 6.45) is 4.17. The molecule has 1 saturated heterocycles. The number of hydrogen-bond acceptors (Lipinski definition) is 5. The first-order valence-electron chi connectivity index (χ1n) is 6.52. The van der Waals surface area contributed by atoms with Gasteiger partial charge < -0.3 is 10.2 Å². The number of aromatic nitrogens is 2. The number of nitrogens with one attached hydrogen (secondary N) is 1. The molecular weight excluding hydrogens is 248 g/mol. The number of aryl methyl sites for hydroxylation is 1. The first-order valence-corrected chi connectivity index (χ1v) is 7.29. The highest BCUT2D eigenvalue weighted by Crippen LogP contribution is 2.16. The van der Waals surface area contributed by atoms with Crippen molar-refractivity contribution in [3.8, 4) is 0 Å². The van der Waals surface area contributed by atoms with Crippen molar-refractivity contribution in [2.45, 2.75) is 38.6 Å². The van der Waals surface area contributed by atoms with Crippen LogP contribution in [-0.2, 0) is 6.42 Å². The van der Waals surface area contributed by atoms with Crippen LogP contribution in [0.5, 0.6) is 0 Å². The first-order chi connectivity index (χ1) is 8.72. The zero-order valence-electron chi connectivity index (χ0n) is 11.0. The van der Waals surface area contributed by atoms with Crippen molar-refractivity contribution < 1.29 is 4.79 Å². The molecule has 0 aliphatic carbocycles. The Morgan fingerprint density at radius 3 is 3.11 bits per heavy atom. The van der Waals surface area contributed by atoms with Gasteiger partial charge in [-0.25, -0.2) is 0 Å². The van der Waals surface area contributed by atoms with E-state index in [1.807, 2.05) is 7.05 Å². The highest BCUT2D eigenvalue weighted by molar-refractivity contribution is 7.07. The molecule has 2 heterocycles. The van der Waals surface area contributed by atoms with Gasteiger partial charge in [0.25, 0.3) is 5.91 Å². The minimum Gasteiger partial charge on any atom is -0.339 e. The Bertz CT molecular complexity index is 401. The lowest BCUT2D eigenvalue weighted by Crippen LogP contribution is -2.38. The number of amides is 1. The molecule has 1 atom stereocenters. The van der Waals surface area contributed by atoms with E-state index in [1.54, 1.807) is 4.90 Å². The molecule has 1 aliphatic rings. The largest absolute Gasteiger partial charge is 0.339 e. The number of likely N-dealkylation sites (N-methyl/N-ethyl adjacent to an activating group) is 1. The molecule has 2 rings (SSSR count). The van der Waals surface area contributed by atoms with Crippen molar-refractivity contribution in [3.05, 3.63) is 10.6 Å². The second-order valence-electron chi connectivity index (χ2n) is 4.78. The van der Waals surface area contributed by atoms with Gasteiger partial charge in [-0.15, -0.1) is 5.10 Å². The standard InChI is InChI=1S/C12H20N4OS/c1-3-5-10-11(18-15-14-10)12(17)16(2)8-9-6-4-7-13-9/h9,13H,3-8H2,1-2H3. The van der Waals surface area contributed by atoms with Gasteiger partial charge in [0.2, 0.25) is 0 Å². The molecule has 0 saturated carbocycles. The van der Waals surface area contributed by atoms with Crippen LogP contribution in [0.4, 0.5) is 0 Å². The molecule has 1 unspecified atom stereocenters. The van der Waals surface area contributed by atoms with Crippen LogP contribution >= 0.6 is 11.5 Å². The van der Waals surface area contributed by atoms with Gasteiger partial charge in [0.05, 0.1) is 5.69 Å². The minimum absolute atomic E-state index is 0.0575. The van der Waals surface area contributed by atoms with Gasteiger partial charge in [0, 0.05) is 19.6 Å². The summed E-state index contributed by atoms with van der Waals surface area (Å²) >= 11 is 1.21. The van der Waals surface area contributed by atoms with Crippen molar-refractivity contribution in [3.63, 3.8) is 0 Å². The topological polar surface area (TPSA) is 58.1 Å². The number of carbonyl (C=O) groups excluding carboxylic acids is 1. The lowest BCUT2D eigenvalue weighted by atomic mass is 10.2. The Kier molecular flexibility index (Phi) is 4.66. The molecule has 6 heteroatoms. The molecule has 1 aliphatic heterocycles. The van der Waals surface area contributed by atoms with Gasteiger partial charge in [0.1, 0.15) is 4.88 Å². The lowest BCUT2D eigenvalue weighted by molar-refractivity contribution is 0.0787. The fourth-order valence-corrected chi connectivity index (χ4v) is 2.97. The third-order valence-electron chi connectivity index (χ3n) is 3.24. The highest BCUT2D eigenvalue weighted by atomic mass is 32.1. The van der Waals surface area contributed by atoms with Crippen LogP contribution < -0.4 is 5.32 Å². The Hall–Kier alpha value is -1.01. The zero-order chi connectivity index (χ0) is 13.0. The molecular formula is C12H20N4OS. The molecule has 1 aromatic heterocycles. The van der Waals surface area contributed by atoms with E-state index in [0.717, 1.165) is 38.0 Å². The van der Waals surface area contributed by atoms with E-state index < -0.39 is 0 Å². The average Bonchev–Trinajstić information content (AvgIpc) is 3.00. The maximum Gasteiger partial charge on any atom is 0.267 e. The maximum atomic E-state index is 12.3. The molecule has 1 fully saturated rings. The lowest BCUT2D eigenvalue weighted by Gasteiger charge is -2.20. The zero-order valence-corrected chi connectivity index (χ0v) is 11.8. The van der Waals surface area contributed by atoms with E-state index >= 15 is 0 Å². The predicted octanol–water partition coefficient (Wildman–Crippen LogP) is 1.31. The summed E-state index contributed by atoms with van der Waals surface area (Å²) in [6.45, 7) is 3.91. The molecule has 0 bridgehead atoms. The molecule has 1 N–H and O–H groups in total. The van der Waals surface area contributed by atoms with Gasteiger partial charge in [-0.05, 0) is 37.3 Å². The van der Waals surface area contributed by atoms with Gasteiger partial charge in [-0.1, -0.05) is 17.8 Å². The SMILES string of the molecule is CCCc1nnsc1C(=O)N(C)CC1CCCN1. The van der Waals surface area contributed by atoms with Crippen molar-refractivity contribution in [2.24, 2.45) is 0 Å². The van der Waals surface area contributed by atoms with Crippen LogP contribution in [0, 0.1) is 0 Å². The Morgan fingerprint density at radius 2 is 2.44 bits per heavy atom. The smallest absolute Gasteiger partial charge is 0.267 e. The van der Waals surface area contributed by atoms with Crippen LogP contribution in [0.15, 0.2) is 0 Å². The maximum absolute atomic E-state index is 12.3. The van der Waals surface area contributed by atoms with E-state index in [1.165, 1.54) is 18.0 Å². The number of hydrogen-bond donors (Lipinski definition) is 1. The van der Waals surface area contributed by atoms with Crippen LogP contribution in [0.3, 0.4) is 0 Å². The summed E-state index contributed by atoms with van der Waals surface area (Å²) in [7, 11) is 1.86. The van der Waals surface area contributed by atoms with Gasteiger partial charge >= 0.3 is 0 Å². The number of rotatable bonds is 5. The molecule has 100 valence electrons. The molecule has 1 amide bonds. The second-order valence-corrected chi connectivity index (χ2v) is 5.53. The van der Waals surface area contributed by atoms with E-state index in [-0.39, 0.29) is 5.91 Å². The van der Waals surface area contributed by atoms with E-state index in [0.29, 0.717) is 10.9 Å². The van der Waals surface area contributed by atoms with Crippen LogP contribution in [0.1, 0.15) is 41.6 Å². The van der Waals surface area contributed by atoms with Gasteiger partial charge in [-0.3, -0.25) is 4.79 Å². The quantitative estimate of drug-likeness (QED) is 0.875. The normalized spacial score (nSPS) is 19.1. The summed E-state index contributed by atoms with van der Waals surface area (Å²) in [4.78, 5) is 14.8. The summed E-state index contributed by atoms with van der Waals surface area (Å²) in [5.74, 6) is 0.0575. The van der Waals surface area contributed by atoms with Crippen LogP contribution in [0.25, 0.3) is 0 Å². The van der Waals surface area contributed by atoms with E-state index in [9.17, 15) is 4.79 Å². The van der Waals surface area contributed by atoms with Crippen LogP contribution in [0.2, 0.25) is 0 Å². The fourth-order valence-electron chi connectivity index (χ4n) is 2.27. The summed E-state index contributed by atoms with van der Waals surface area (Å²) in [5.41, 5.74) is 0.846. The van der Waals surface area contributed by atoms with Gasteiger partial charge in [-0.2, -0.15) is 0 Å².